The highest BCUT2D eigenvalue weighted by atomic mass is 15.3. The molecule has 1 saturated heterocycles. The molecule has 3 rings (SSSR count). The van der Waals surface area contributed by atoms with Gasteiger partial charge in [-0.05, 0) is 25.7 Å². The lowest BCUT2D eigenvalue weighted by Gasteiger charge is -2.34. The van der Waals surface area contributed by atoms with Gasteiger partial charge in [0, 0.05) is 38.9 Å². The van der Waals surface area contributed by atoms with Gasteiger partial charge in [0.25, 0.3) is 0 Å². The molecule has 3 heterocycles. The molecule has 20 heavy (non-hydrogen) atoms. The number of hydrogen-bond acceptors (Lipinski definition) is 4. The van der Waals surface area contributed by atoms with Gasteiger partial charge in [0.15, 0.2) is 5.82 Å². The Bertz CT molecular complexity index is 569. The molecule has 0 unspecified atom stereocenters. The smallest absolute Gasteiger partial charge is 0.152 e. The van der Waals surface area contributed by atoms with Gasteiger partial charge in [0.05, 0.1) is 5.69 Å². The molecule has 108 valence electrons. The number of hydrogen-bond donors (Lipinski definition) is 1. The van der Waals surface area contributed by atoms with Gasteiger partial charge in [-0.15, -0.1) is 0 Å². The van der Waals surface area contributed by atoms with Crippen LogP contribution in [0.5, 0.6) is 0 Å². The summed E-state index contributed by atoms with van der Waals surface area (Å²) in [5.74, 6) is 1.14. The predicted octanol–water partition coefficient (Wildman–Crippen LogP) is 1.20. The van der Waals surface area contributed by atoms with Crippen LogP contribution in [0.25, 0.3) is 5.65 Å². The lowest BCUT2D eigenvalue weighted by molar-refractivity contribution is 0.270. The van der Waals surface area contributed by atoms with Crippen molar-refractivity contribution in [3.63, 3.8) is 0 Å². The van der Waals surface area contributed by atoms with Crippen LogP contribution in [-0.4, -0.2) is 54.1 Å². The topological polar surface area (TPSA) is 35.8 Å². The highest BCUT2D eigenvalue weighted by Gasteiger charge is 2.21. The van der Waals surface area contributed by atoms with Gasteiger partial charge in [-0.25, -0.2) is 4.98 Å². The van der Waals surface area contributed by atoms with Crippen LogP contribution >= 0.6 is 0 Å². The Morgan fingerprint density at radius 3 is 2.70 bits per heavy atom. The molecule has 0 saturated carbocycles. The van der Waals surface area contributed by atoms with Crippen molar-refractivity contribution in [3.05, 3.63) is 30.1 Å². The molecule has 2 aromatic rings. The minimum absolute atomic E-state index is 0.842. The van der Waals surface area contributed by atoms with Gasteiger partial charge in [0.1, 0.15) is 5.65 Å². The van der Waals surface area contributed by atoms with Crippen molar-refractivity contribution in [2.75, 3.05) is 44.7 Å². The van der Waals surface area contributed by atoms with Crippen LogP contribution in [0.1, 0.15) is 12.6 Å². The quantitative estimate of drug-likeness (QED) is 0.908. The molecule has 0 radical (unpaired) electrons. The Morgan fingerprint density at radius 2 is 2.00 bits per heavy atom. The summed E-state index contributed by atoms with van der Waals surface area (Å²) < 4.78 is 2.19. The molecular weight excluding hydrogens is 250 g/mol. The normalized spacial score (nSPS) is 17.0. The van der Waals surface area contributed by atoms with E-state index in [0.29, 0.717) is 0 Å². The molecule has 5 heteroatoms. The van der Waals surface area contributed by atoms with E-state index in [9.17, 15) is 0 Å². The standard InChI is InChI=1S/C15H23N5/c1-3-18-8-10-19(11-9-18)15-13(12-16-2)20-7-5-4-6-14(20)17-15/h4-7,16H,3,8-12H2,1-2H3. The van der Waals surface area contributed by atoms with Gasteiger partial charge in [0.2, 0.25) is 0 Å². The van der Waals surface area contributed by atoms with Gasteiger partial charge in [-0.1, -0.05) is 13.0 Å². The first kappa shape index (κ1) is 13.4. The maximum atomic E-state index is 4.84. The van der Waals surface area contributed by atoms with Crippen molar-refractivity contribution in [1.82, 2.24) is 19.6 Å². The number of pyridine rings is 1. The minimum Gasteiger partial charge on any atom is -0.352 e. The van der Waals surface area contributed by atoms with Crippen molar-refractivity contribution in [1.29, 1.82) is 0 Å². The number of anilines is 1. The average Bonchev–Trinajstić information content (AvgIpc) is 2.87. The van der Waals surface area contributed by atoms with Gasteiger partial charge in [-0.3, -0.25) is 0 Å². The van der Waals surface area contributed by atoms with E-state index in [-0.39, 0.29) is 0 Å². The molecule has 0 bridgehead atoms. The van der Waals surface area contributed by atoms with Crippen LogP contribution in [0.15, 0.2) is 24.4 Å². The minimum atomic E-state index is 0.842. The van der Waals surface area contributed by atoms with Crippen LogP contribution in [0.2, 0.25) is 0 Å². The van der Waals surface area contributed by atoms with Crippen molar-refractivity contribution in [2.45, 2.75) is 13.5 Å². The third-order valence-electron chi connectivity index (χ3n) is 4.07. The molecule has 5 nitrogen and oxygen atoms in total. The van der Waals surface area contributed by atoms with E-state index < -0.39 is 0 Å². The fraction of sp³-hybridized carbons (Fsp3) is 0.533. The molecule has 1 aliphatic heterocycles. The van der Waals surface area contributed by atoms with Crippen molar-refractivity contribution in [2.24, 2.45) is 0 Å². The average molecular weight is 273 g/mol. The molecular formula is C15H23N5. The third kappa shape index (κ3) is 2.39. The summed E-state index contributed by atoms with van der Waals surface area (Å²) in [5, 5.41) is 3.26. The second kappa shape index (κ2) is 5.81. The van der Waals surface area contributed by atoms with Crippen LogP contribution in [0.4, 0.5) is 5.82 Å². The first-order valence-electron chi connectivity index (χ1n) is 7.41. The fourth-order valence-electron chi connectivity index (χ4n) is 2.89. The molecule has 0 aromatic carbocycles. The molecule has 1 fully saturated rings. The van der Waals surface area contributed by atoms with Crippen molar-refractivity contribution < 1.29 is 0 Å². The summed E-state index contributed by atoms with van der Waals surface area (Å²) in [7, 11) is 1.99. The van der Waals surface area contributed by atoms with E-state index in [1.807, 2.05) is 13.1 Å². The van der Waals surface area contributed by atoms with E-state index >= 15 is 0 Å². The molecule has 1 N–H and O–H groups in total. The SMILES string of the molecule is CCN1CCN(c2nc3ccccn3c2CNC)CC1. The number of likely N-dealkylation sites (N-methyl/N-ethyl adjacent to an activating group) is 1. The van der Waals surface area contributed by atoms with E-state index in [0.717, 1.165) is 50.7 Å². The Balaban J connectivity index is 1.92. The van der Waals surface area contributed by atoms with E-state index in [4.69, 9.17) is 4.98 Å². The summed E-state index contributed by atoms with van der Waals surface area (Å²) >= 11 is 0. The molecule has 0 amide bonds. The van der Waals surface area contributed by atoms with Crippen molar-refractivity contribution in [3.8, 4) is 0 Å². The number of aromatic nitrogens is 2. The van der Waals surface area contributed by atoms with Crippen LogP contribution in [0.3, 0.4) is 0 Å². The number of nitrogens with zero attached hydrogens (tertiary/aromatic N) is 4. The van der Waals surface area contributed by atoms with Gasteiger partial charge in [-0.2, -0.15) is 0 Å². The number of nitrogens with one attached hydrogen (secondary N) is 1. The second-order valence-electron chi connectivity index (χ2n) is 5.26. The Labute approximate surface area is 120 Å². The van der Waals surface area contributed by atoms with Crippen LogP contribution < -0.4 is 10.2 Å². The maximum Gasteiger partial charge on any atom is 0.152 e. The zero-order valence-corrected chi connectivity index (χ0v) is 12.3. The summed E-state index contributed by atoms with van der Waals surface area (Å²) in [5.41, 5.74) is 2.29. The summed E-state index contributed by atoms with van der Waals surface area (Å²) in [4.78, 5) is 9.75. The number of piperazine rings is 1. The predicted molar refractivity (Wildman–Crippen MR) is 82.3 cm³/mol. The molecule has 0 atom stereocenters. The van der Waals surface area contributed by atoms with Crippen molar-refractivity contribution >= 4 is 11.5 Å². The molecule has 2 aromatic heterocycles. The first-order valence-corrected chi connectivity index (χ1v) is 7.41. The zero-order chi connectivity index (χ0) is 13.9. The maximum absolute atomic E-state index is 4.84. The summed E-state index contributed by atoms with van der Waals surface area (Å²) in [6, 6.07) is 6.18. The number of imidazole rings is 1. The lowest BCUT2D eigenvalue weighted by Crippen LogP contribution is -2.46. The monoisotopic (exact) mass is 273 g/mol. The molecule has 0 aliphatic carbocycles. The van der Waals surface area contributed by atoms with Gasteiger partial charge < -0.3 is 19.5 Å². The van der Waals surface area contributed by atoms with E-state index in [1.54, 1.807) is 0 Å². The first-order chi connectivity index (χ1) is 9.83. The number of fused-ring (bicyclic) bond motifs is 1. The zero-order valence-electron chi connectivity index (χ0n) is 12.3. The highest BCUT2D eigenvalue weighted by Crippen LogP contribution is 2.22. The largest absolute Gasteiger partial charge is 0.352 e. The molecule has 1 aliphatic rings. The fourth-order valence-corrected chi connectivity index (χ4v) is 2.89. The highest BCUT2D eigenvalue weighted by molar-refractivity contribution is 5.56. The molecule has 0 spiro atoms. The Hall–Kier alpha value is -1.59. The summed E-state index contributed by atoms with van der Waals surface area (Å²) in [6.45, 7) is 8.60. The second-order valence-corrected chi connectivity index (χ2v) is 5.26. The lowest BCUT2D eigenvalue weighted by atomic mass is 10.3. The van der Waals surface area contributed by atoms with E-state index in [2.05, 4.69) is 44.8 Å². The van der Waals surface area contributed by atoms with Crippen LogP contribution in [0, 0.1) is 0 Å². The van der Waals surface area contributed by atoms with E-state index in [1.165, 1.54) is 5.69 Å². The Kier molecular flexibility index (Phi) is 3.89. The van der Waals surface area contributed by atoms with Gasteiger partial charge >= 0.3 is 0 Å². The third-order valence-corrected chi connectivity index (χ3v) is 4.07. The summed E-state index contributed by atoms with van der Waals surface area (Å²) in [6.07, 6.45) is 2.10. The van der Waals surface area contributed by atoms with Crippen LogP contribution in [-0.2, 0) is 6.54 Å². The Morgan fingerprint density at radius 1 is 1.20 bits per heavy atom. The number of rotatable bonds is 4.